The van der Waals surface area contributed by atoms with Gasteiger partial charge in [-0.05, 0) is 24.3 Å². The van der Waals surface area contributed by atoms with Gasteiger partial charge in [0, 0.05) is 68.2 Å². The number of carboxylic acids is 2. The summed E-state index contributed by atoms with van der Waals surface area (Å²) in [7, 11) is 1.82. The molecule has 0 unspecified atom stereocenters. The van der Waals surface area contributed by atoms with Gasteiger partial charge in [-0.25, -0.2) is 29.5 Å². The standard InChI is InChI=1S/C30H24N8O7S2/c1-35(21-4-2-16-23(40)18(27(42)43)11-37(25(16)33-21)29-31-6-8-46-29)20-13-36(10-15(20)14-39)22-5-3-17-24(41)19(28(44)45)12-38(26(17)34-22)30-32-7-9-47-30/h2-9,11-12,15,20,39H,10,13-14H2,1H3,(H,42,43)(H,44,45)/t15-,20+/m1/s1. The average molecular weight is 673 g/mol. The topological polar surface area (TPSA) is 197 Å². The van der Waals surface area contributed by atoms with Crippen molar-refractivity contribution in [3.05, 3.63) is 91.4 Å². The van der Waals surface area contributed by atoms with Crippen molar-refractivity contribution in [2.24, 2.45) is 5.92 Å². The van der Waals surface area contributed by atoms with Gasteiger partial charge in [-0.15, -0.1) is 22.7 Å². The summed E-state index contributed by atoms with van der Waals surface area (Å²) in [6.45, 7) is 0.675. The molecular formula is C30H24N8O7S2. The lowest BCUT2D eigenvalue weighted by Gasteiger charge is -2.29. The molecule has 1 fully saturated rings. The molecule has 47 heavy (non-hydrogen) atoms. The number of aromatic carboxylic acids is 2. The smallest absolute Gasteiger partial charge is 0.341 e. The average Bonchev–Trinajstić information content (AvgIpc) is 3.87. The summed E-state index contributed by atoms with van der Waals surface area (Å²) in [5, 5.41) is 34.3. The van der Waals surface area contributed by atoms with Gasteiger partial charge in [-0.3, -0.25) is 18.7 Å². The van der Waals surface area contributed by atoms with Crippen molar-refractivity contribution in [2.75, 3.05) is 36.5 Å². The van der Waals surface area contributed by atoms with E-state index in [2.05, 4.69) is 9.97 Å². The summed E-state index contributed by atoms with van der Waals surface area (Å²) in [6.07, 6.45) is 5.60. The second-order valence-electron chi connectivity index (χ2n) is 10.8. The maximum Gasteiger partial charge on any atom is 0.341 e. The first-order valence-electron chi connectivity index (χ1n) is 14.1. The number of pyridine rings is 4. The van der Waals surface area contributed by atoms with Crippen LogP contribution in [0.5, 0.6) is 0 Å². The number of aliphatic hydroxyl groups is 1. The van der Waals surface area contributed by atoms with Gasteiger partial charge in [0.15, 0.2) is 21.6 Å². The van der Waals surface area contributed by atoms with Crippen molar-refractivity contribution in [3.8, 4) is 10.3 Å². The number of thiazole rings is 2. The molecule has 238 valence electrons. The highest BCUT2D eigenvalue weighted by Crippen LogP contribution is 2.30. The first-order chi connectivity index (χ1) is 22.7. The van der Waals surface area contributed by atoms with Crippen LogP contribution in [0, 0.1) is 5.92 Å². The van der Waals surface area contributed by atoms with Crippen molar-refractivity contribution in [1.29, 1.82) is 0 Å². The molecule has 1 aliphatic rings. The first-order valence-corrected chi connectivity index (χ1v) is 15.9. The molecule has 0 amide bonds. The molecule has 7 heterocycles. The van der Waals surface area contributed by atoms with Crippen molar-refractivity contribution < 1.29 is 24.9 Å². The number of anilines is 2. The third kappa shape index (κ3) is 5.09. The second-order valence-corrected chi connectivity index (χ2v) is 12.6. The number of fused-ring (bicyclic) bond motifs is 2. The van der Waals surface area contributed by atoms with Crippen LogP contribution in [0.1, 0.15) is 20.7 Å². The Morgan fingerprint density at radius 1 is 0.851 bits per heavy atom. The molecule has 1 aliphatic heterocycles. The molecule has 6 aromatic heterocycles. The quantitative estimate of drug-likeness (QED) is 0.213. The predicted molar refractivity (Wildman–Crippen MR) is 175 cm³/mol. The van der Waals surface area contributed by atoms with E-state index in [9.17, 15) is 34.5 Å². The van der Waals surface area contributed by atoms with Crippen LogP contribution in [-0.4, -0.2) is 89.1 Å². The number of aromatic nitrogens is 6. The SMILES string of the molecule is CN(c1ccc2c(=O)c(C(=O)O)cn(-c3nccs3)c2n1)[C@H]1CN(c2ccc3c(=O)c(C(=O)O)cn(-c4nccs4)c3n2)C[C@@H]1CO. The zero-order valence-electron chi connectivity index (χ0n) is 24.4. The minimum absolute atomic E-state index is 0.127. The van der Waals surface area contributed by atoms with Gasteiger partial charge in [-0.2, -0.15) is 0 Å². The zero-order valence-corrected chi connectivity index (χ0v) is 26.1. The van der Waals surface area contributed by atoms with Gasteiger partial charge >= 0.3 is 11.9 Å². The third-order valence-electron chi connectivity index (χ3n) is 8.21. The second kappa shape index (κ2) is 11.7. The summed E-state index contributed by atoms with van der Waals surface area (Å²) in [4.78, 5) is 71.7. The van der Waals surface area contributed by atoms with Gasteiger partial charge in [0.1, 0.15) is 22.8 Å². The molecule has 3 N–H and O–H groups in total. The molecule has 6 aromatic rings. The molecule has 7 rings (SSSR count). The van der Waals surface area contributed by atoms with Crippen LogP contribution in [0.15, 0.2) is 69.4 Å². The number of carbonyl (C=O) groups is 2. The lowest BCUT2D eigenvalue weighted by molar-refractivity contribution is 0.0684. The number of hydrogen-bond donors (Lipinski definition) is 3. The molecule has 17 heteroatoms. The third-order valence-corrected chi connectivity index (χ3v) is 9.75. The fourth-order valence-electron chi connectivity index (χ4n) is 5.85. The summed E-state index contributed by atoms with van der Waals surface area (Å²) in [5.74, 6) is -1.95. The van der Waals surface area contributed by atoms with E-state index in [4.69, 9.17) is 9.97 Å². The Morgan fingerprint density at radius 3 is 1.91 bits per heavy atom. The Hall–Kier alpha value is -5.52. The Bertz CT molecular complexity index is 2300. The van der Waals surface area contributed by atoms with Crippen LogP contribution >= 0.6 is 22.7 Å². The lowest BCUT2D eigenvalue weighted by Crippen LogP contribution is -2.40. The van der Waals surface area contributed by atoms with E-state index in [1.54, 1.807) is 47.4 Å². The van der Waals surface area contributed by atoms with Crippen molar-refractivity contribution in [3.63, 3.8) is 0 Å². The highest BCUT2D eigenvalue weighted by Gasteiger charge is 2.37. The molecular weight excluding hydrogens is 649 g/mol. The minimum atomic E-state index is -1.35. The van der Waals surface area contributed by atoms with Crippen molar-refractivity contribution >= 4 is 68.3 Å². The predicted octanol–water partition coefficient (Wildman–Crippen LogP) is 2.33. The lowest BCUT2D eigenvalue weighted by atomic mass is 10.0. The molecule has 15 nitrogen and oxygen atoms in total. The zero-order chi connectivity index (χ0) is 33.0. The summed E-state index contributed by atoms with van der Waals surface area (Å²) < 4.78 is 2.98. The van der Waals surface area contributed by atoms with E-state index in [-0.39, 0.29) is 40.6 Å². The van der Waals surface area contributed by atoms with Gasteiger partial charge in [0.2, 0.25) is 10.9 Å². The van der Waals surface area contributed by atoms with Crippen LogP contribution in [0.3, 0.4) is 0 Å². The summed E-state index contributed by atoms with van der Waals surface area (Å²) in [5.41, 5.74) is -1.61. The molecule has 0 aromatic carbocycles. The molecule has 0 aliphatic carbocycles. The maximum atomic E-state index is 13.0. The summed E-state index contributed by atoms with van der Waals surface area (Å²) >= 11 is 2.53. The first kappa shape index (κ1) is 30.2. The van der Waals surface area contributed by atoms with Crippen molar-refractivity contribution in [1.82, 2.24) is 29.1 Å². The largest absolute Gasteiger partial charge is 0.477 e. The van der Waals surface area contributed by atoms with Gasteiger partial charge in [-0.1, -0.05) is 0 Å². The number of rotatable bonds is 8. The van der Waals surface area contributed by atoms with Gasteiger partial charge in [0.25, 0.3) is 0 Å². The van der Waals surface area contributed by atoms with E-state index in [0.717, 1.165) is 0 Å². The Morgan fingerprint density at radius 2 is 1.40 bits per heavy atom. The van der Waals surface area contributed by atoms with Crippen LogP contribution in [-0.2, 0) is 0 Å². The molecule has 0 bridgehead atoms. The molecule has 0 spiro atoms. The highest BCUT2D eigenvalue weighted by atomic mass is 32.1. The number of carboxylic acid groups (broad SMARTS) is 2. The van der Waals surface area contributed by atoms with Crippen LogP contribution in [0.25, 0.3) is 32.3 Å². The number of likely N-dealkylation sites (N-methyl/N-ethyl adjacent to an activating group) is 1. The van der Waals surface area contributed by atoms with Gasteiger partial charge < -0.3 is 25.1 Å². The van der Waals surface area contributed by atoms with Gasteiger partial charge in [0.05, 0.1) is 16.8 Å². The number of nitrogens with zero attached hydrogens (tertiary/aromatic N) is 8. The van der Waals surface area contributed by atoms with E-state index >= 15 is 0 Å². The number of aliphatic hydroxyl groups excluding tert-OH is 1. The van der Waals surface area contributed by atoms with Crippen molar-refractivity contribution in [2.45, 2.75) is 6.04 Å². The molecule has 0 radical (unpaired) electrons. The summed E-state index contributed by atoms with van der Waals surface area (Å²) in [6, 6.07) is 6.12. The monoisotopic (exact) mass is 672 g/mol. The fourth-order valence-corrected chi connectivity index (χ4v) is 7.09. The highest BCUT2D eigenvalue weighted by molar-refractivity contribution is 7.12. The van der Waals surface area contributed by atoms with E-state index in [1.807, 2.05) is 16.8 Å². The van der Waals surface area contributed by atoms with Crippen LogP contribution in [0.4, 0.5) is 11.6 Å². The number of hydrogen-bond acceptors (Lipinski definition) is 13. The van der Waals surface area contributed by atoms with E-state index in [1.165, 1.54) is 44.2 Å². The Balaban J connectivity index is 1.27. The Labute approximate surface area is 271 Å². The maximum absolute atomic E-state index is 13.0. The molecule has 1 saturated heterocycles. The molecule has 2 atom stereocenters. The fraction of sp³-hybridized carbons (Fsp3) is 0.200. The van der Waals surface area contributed by atoms with Crippen LogP contribution in [0.2, 0.25) is 0 Å². The van der Waals surface area contributed by atoms with E-state index in [0.29, 0.717) is 35.0 Å². The molecule has 0 saturated carbocycles. The normalized spacial score (nSPS) is 16.3. The van der Waals surface area contributed by atoms with Crippen LogP contribution < -0.4 is 20.7 Å². The van der Waals surface area contributed by atoms with E-state index < -0.39 is 33.9 Å². The minimum Gasteiger partial charge on any atom is -0.477 e. The Kier molecular flexibility index (Phi) is 7.50.